The smallest absolute Gasteiger partial charge is 0.226 e. The lowest BCUT2D eigenvalue weighted by molar-refractivity contribution is -0.135. The van der Waals surface area contributed by atoms with Crippen LogP contribution in [0.25, 0.3) is 0 Å². The molecule has 30 heavy (non-hydrogen) atoms. The van der Waals surface area contributed by atoms with Crippen LogP contribution < -0.4 is 4.74 Å². The van der Waals surface area contributed by atoms with Crippen LogP contribution in [0.2, 0.25) is 0 Å². The number of hydrogen-bond donors (Lipinski definition) is 0. The Balaban J connectivity index is 1.15. The minimum absolute atomic E-state index is 0.245. The summed E-state index contributed by atoms with van der Waals surface area (Å²) in [6, 6.07) is 20.0. The van der Waals surface area contributed by atoms with Crippen LogP contribution in [0, 0.1) is 5.92 Å². The van der Waals surface area contributed by atoms with Gasteiger partial charge in [0, 0.05) is 25.2 Å². The molecule has 2 aromatic carbocycles. The Hall–Kier alpha value is -2.33. The molecule has 3 aliphatic rings. The number of para-hydroxylation sites is 1. The van der Waals surface area contributed by atoms with Crippen LogP contribution in [-0.2, 0) is 17.6 Å². The van der Waals surface area contributed by atoms with Crippen molar-refractivity contribution in [2.45, 2.75) is 50.6 Å². The van der Waals surface area contributed by atoms with Crippen LogP contribution in [-0.4, -0.2) is 54.0 Å². The first kappa shape index (κ1) is 19.6. The summed E-state index contributed by atoms with van der Waals surface area (Å²) in [5, 5.41) is 0. The summed E-state index contributed by atoms with van der Waals surface area (Å²) in [5.41, 5.74) is 3.08. The van der Waals surface area contributed by atoms with E-state index in [0.29, 0.717) is 31.0 Å². The van der Waals surface area contributed by atoms with Gasteiger partial charge in [-0.2, -0.15) is 0 Å². The van der Waals surface area contributed by atoms with Crippen molar-refractivity contribution in [1.29, 1.82) is 0 Å². The molecule has 0 bridgehead atoms. The summed E-state index contributed by atoms with van der Waals surface area (Å²) >= 11 is 0. The monoisotopic (exact) mass is 404 g/mol. The zero-order chi connectivity index (χ0) is 20.3. The molecule has 0 saturated carbocycles. The Kier molecular flexibility index (Phi) is 5.76. The summed E-state index contributed by atoms with van der Waals surface area (Å²) in [4.78, 5) is 17.7. The number of carbonyl (C=O) groups is 1. The quantitative estimate of drug-likeness (QED) is 0.757. The number of likely N-dealkylation sites (tertiary alicyclic amines) is 2. The average molecular weight is 405 g/mol. The highest BCUT2D eigenvalue weighted by Gasteiger charge is 2.41. The zero-order valence-corrected chi connectivity index (χ0v) is 17.7. The van der Waals surface area contributed by atoms with Gasteiger partial charge in [0.25, 0.3) is 0 Å². The SMILES string of the molecule is O=C(CCOc1ccccc1)N1CC[C@H]2[C@H](CCCN2C2Cc3ccccc3C2)C1. The molecular weight excluding hydrogens is 372 g/mol. The molecular formula is C26H32N2O2. The zero-order valence-electron chi connectivity index (χ0n) is 17.7. The number of piperidine rings is 2. The topological polar surface area (TPSA) is 32.8 Å². The molecule has 2 fully saturated rings. The van der Waals surface area contributed by atoms with Gasteiger partial charge in [0.2, 0.25) is 5.91 Å². The Morgan fingerprint density at radius 3 is 2.43 bits per heavy atom. The van der Waals surface area contributed by atoms with Crippen molar-refractivity contribution in [2.24, 2.45) is 5.92 Å². The van der Waals surface area contributed by atoms with E-state index in [2.05, 4.69) is 34.1 Å². The van der Waals surface area contributed by atoms with Crippen molar-refractivity contribution in [3.63, 3.8) is 0 Å². The average Bonchev–Trinajstić information content (AvgIpc) is 3.23. The fourth-order valence-electron chi connectivity index (χ4n) is 5.82. The van der Waals surface area contributed by atoms with Gasteiger partial charge in [0.15, 0.2) is 0 Å². The van der Waals surface area contributed by atoms with Gasteiger partial charge in [0.05, 0.1) is 13.0 Å². The summed E-state index contributed by atoms with van der Waals surface area (Å²) in [7, 11) is 0. The van der Waals surface area contributed by atoms with E-state index in [1.165, 1.54) is 43.4 Å². The number of hydrogen-bond acceptors (Lipinski definition) is 3. The number of rotatable bonds is 5. The Morgan fingerprint density at radius 1 is 0.933 bits per heavy atom. The third kappa shape index (κ3) is 4.11. The van der Waals surface area contributed by atoms with E-state index in [1.807, 2.05) is 30.3 Å². The minimum atomic E-state index is 0.245. The van der Waals surface area contributed by atoms with Crippen LogP contribution >= 0.6 is 0 Å². The molecule has 1 aliphatic carbocycles. The van der Waals surface area contributed by atoms with Gasteiger partial charge in [-0.3, -0.25) is 9.69 Å². The summed E-state index contributed by atoms with van der Waals surface area (Å²) in [6.45, 7) is 3.49. The molecule has 158 valence electrons. The molecule has 0 unspecified atom stereocenters. The van der Waals surface area contributed by atoms with Crippen molar-refractivity contribution in [3.8, 4) is 5.75 Å². The lowest BCUT2D eigenvalue weighted by Gasteiger charge is -2.49. The summed E-state index contributed by atoms with van der Waals surface area (Å²) < 4.78 is 5.73. The molecule has 0 radical (unpaired) electrons. The van der Waals surface area contributed by atoms with E-state index in [0.717, 1.165) is 25.3 Å². The molecule has 5 rings (SSSR count). The molecule has 2 saturated heterocycles. The fraction of sp³-hybridized carbons (Fsp3) is 0.500. The Morgan fingerprint density at radius 2 is 1.67 bits per heavy atom. The molecule has 2 aromatic rings. The van der Waals surface area contributed by atoms with Gasteiger partial charge >= 0.3 is 0 Å². The van der Waals surface area contributed by atoms with Gasteiger partial charge in [-0.15, -0.1) is 0 Å². The van der Waals surface area contributed by atoms with Crippen LogP contribution in [0.1, 0.15) is 36.8 Å². The normalized spacial score (nSPS) is 24.3. The number of amides is 1. The molecule has 4 nitrogen and oxygen atoms in total. The molecule has 0 N–H and O–H groups in total. The molecule has 0 aromatic heterocycles. The standard InChI is InChI=1S/C26H32N2O2/c29-26(13-16-30-24-10-2-1-3-11-24)27-15-12-25-22(19-27)9-6-14-28(25)23-17-20-7-4-5-8-21(20)18-23/h1-5,7-8,10-11,22-23,25H,6,9,12-19H2/t22-,25+/m1/s1. The minimum Gasteiger partial charge on any atom is -0.493 e. The Labute approximate surface area is 179 Å². The van der Waals surface area contributed by atoms with Crippen LogP contribution in [0.3, 0.4) is 0 Å². The number of ether oxygens (including phenoxy) is 1. The first-order valence-corrected chi connectivity index (χ1v) is 11.6. The van der Waals surface area contributed by atoms with Crippen molar-refractivity contribution < 1.29 is 9.53 Å². The van der Waals surface area contributed by atoms with E-state index < -0.39 is 0 Å². The van der Waals surface area contributed by atoms with Crippen LogP contribution in [0.5, 0.6) is 5.75 Å². The largest absolute Gasteiger partial charge is 0.493 e. The second-order valence-electron chi connectivity index (χ2n) is 9.08. The van der Waals surface area contributed by atoms with Crippen LogP contribution in [0.4, 0.5) is 0 Å². The lowest BCUT2D eigenvalue weighted by atomic mass is 9.82. The Bertz CT molecular complexity index is 843. The van der Waals surface area contributed by atoms with Gasteiger partial charge in [-0.05, 0) is 67.8 Å². The first-order chi connectivity index (χ1) is 14.8. The van der Waals surface area contributed by atoms with Gasteiger partial charge in [-0.25, -0.2) is 0 Å². The van der Waals surface area contributed by atoms with E-state index in [4.69, 9.17) is 4.74 Å². The maximum absolute atomic E-state index is 12.8. The second kappa shape index (κ2) is 8.81. The number of nitrogens with zero attached hydrogens (tertiary/aromatic N) is 2. The highest BCUT2D eigenvalue weighted by Crippen LogP contribution is 2.36. The van der Waals surface area contributed by atoms with E-state index >= 15 is 0 Å². The van der Waals surface area contributed by atoms with Crippen molar-refractivity contribution in [2.75, 3.05) is 26.2 Å². The fourth-order valence-corrected chi connectivity index (χ4v) is 5.82. The van der Waals surface area contributed by atoms with Crippen molar-refractivity contribution in [1.82, 2.24) is 9.80 Å². The summed E-state index contributed by atoms with van der Waals surface area (Å²) in [5.74, 6) is 1.70. The number of fused-ring (bicyclic) bond motifs is 2. The third-order valence-electron chi connectivity index (χ3n) is 7.29. The van der Waals surface area contributed by atoms with Crippen molar-refractivity contribution >= 4 is 5.91 Å². The maximum atomic E-state index is 12.8. The number of carbonyl (C=O) groups excluding carboxylic acids is 1. The predicted molar refractivity (Wildman–Crippen MR) is 119 cm³/mol. The highest BCUT2D eigenvalue weighted by molar-refractivity contribution is 5.76. The van der Waals surface area contributed by atoms with Gasteiger partial charge in [0.1, 0.15) is 5.75 Å². The van der Waals surface area contributed by atoms with E-state index in [-0.39, 0.29) is 5.91 Å². The van der Waals surface area contributed by atoms with Gasteiger partial charge in [-0.1, -0.05) is 42.5 Å². The molecule has 2 atom stereocenters. The third-order valence-corrected chi connectivity index (χ3v) is 7.29. The molecule has 2 aliphatic heterocycles. The van der Waals surface area contributed by atoms with E-state index in [9.17, 15) is 4.79 Å². The molecule has 1 amide bonds. The molecule has 4 heteroatoms. The maximum Gasteiger partial charge on any atom is 0.226 e. The highest BCUT2D eigenvalue weighted by atomic mass is 16.5. The van der Waals surface area contributed by atoms with Crippen molar-refractivity contribution in [3.05, 3.63) is 65.7 Å². The molecule has 2 heterocycles. The summed E-state index contributed by atoms with van der Waals surface area (Å²) in [6.07, 6.45) is 6.48. The lowest BCUT2D eigenvalue weighted by Crippen LogP contribution is -2.58. The van der Waals surface area contributed by atoms with Crippen LogP contribution in [0.15, 0.2) is 54.6 Å². The first-order valence-electron chi connectivity index (χ1n) is 11.6. The van der Waals surface area contributed by atoms with Gasteiger partial charge < -0.3 is 9.64 Å². The second-order valence-corrected chi connectivity index (χ2v) is 9.08. The predicted octanol–water partition coefficient (Wildman–Crippen LogP) is 3.94. The van der Waals surface area contributed by atoms with E-state index in [1.54, 1.807) is 0 Å². The molecule has 0 spiro atoms. The number of benzene rings is 2.